The monoisotopic (exact) mass is 223 g/mol. The zero-order valence-corrected chi connectivity index (χ0v) is 9.73. The predicted octanol–water partition coefficient (Wildman–Crippen LogP) is 1.82. The molecule has 16 heavy (non-hydrogen) atoms. The molecule has 1 aromatic rings. The summed E-state index contributed by atoms with van der Waals surface area (Å²) in [5.74, 6) is -0.0797. The number of ether oxygens (including phenoxy) is 1. The number of carboxylic acid groups (broad SMARTS) is 1. The number of hydrogen-bond acceptors (Lipinski definition) is 3. The predicted molar refractivity (Wildman–Crippen MR) is 61.6 cm³/mol. The molecule has 1 unspecified atom stereocenters. The molecule has 0 aliphatic rings. The van der Waals surface area contributed by atoms with Gasteiger partial charge in [0.25, 0.3) is 0 Å². The summed E-state index contributed by atoms with van der Waals surface area (Å²) in [5.41, 5.74) is 1.01. The fourth-order valence-corrected chi connectivity index (χ4v) is 1.45. The van der Waals surface area contributed by atoms with E-state index in [4.69, 9.17) is 9.84 Å². The van der Waals surface area contributed by atoms with Gasteiger partial charge in [-0.15, -0.1) is 0 Å². The lowest BCUT2D eigenvalue weighted by molar-refractivity contribution is -0.139. The Morgan fingerprint density at radius 1 is 1.44 bits per heavy atom. The fraction of sp³-hybridized carbons (Fsp3) is 0.417. The Kier molecular flexibility index (Phi) is 4.31. The number of carbonyl (C=O) groups is 1. The third-order valence-corrected chi connectivity index (χ3v) is 2.46. The molecule has 0 spiro atoms. The first-order valence-corrected chi connectivity index (χ1v) is 5.17. The van der Waals surface area contributed by atoms with Crippen molar-refractivity contribution in [3.05, 3.63) is 29.8 Å². The summed E-state index contributed by atoms with van der Waals surface area (Å²) >= 11 is 0. The maximum absolute atomic E-state index is 10.7. The minimum atomic E-state index is -0.852. The summed E-state index contributed by atoms with van der Waals surface area (Å²) in [4.78, 5) is 10.7. The second-order valence-electron chi connectivity index (χ2n) is 3.72. The first-order chi connectivity index (χ1) is 7.54. The van der Waals surface area contributed by atoms with Crippen LogP contribution in [-0.4, -0.2) is 24.2 Å². The van der Waals surface area contributed by atoms with Crippen LogP contribution in [0.2, 0.25) is 0 Å². The maximum Gasteiger partial charge on any atom is 0.320 e. The third kappa shape index (κ3) is 3.24. The van der Waals surface area contributed by atoms with Crippen molar-refractivity contribution in [2.75, 3.05) is 7.11 Å². The van der Waals surface area contributed by atoms with Crippen molar-refractivity contribution in [3.8, 4) is 5.75 Å². The number of hydrogen-bond donors (Lipinski definition) is 2. The summed E-state index contributed by atoms with van der Waals surface area (Å²) in [7, 11) is 1.61. The molecule has 2 N–H and O–H groups in total. The molecule has 0 amide bonds. The Hall–Kier alpha value is -1.55. The molecule has 0 heterocycles. The Labute approximate surface area is 95.2 Å². The molecule has 0 saturated heterocycles. The van der Waals surface area contributed by atoms with E-state index in [1.54, 1.807) is 14.0 Å². The van der Waals surface area contributed by atoms with Crippen LogP contribution >= 0.6 is 0 Å². The van der Waals surface area contributed by atoms with E-state index in [0.717, 1.165) is 11.3 Å². The molecule has 0 saturated carbocycles. The highest BCUT2D eigenvalue weighted by Crippen LogP contribution is 2.18. The normalized spacial score (nSPS) is 14.2. The van der Waals surface area contributed by atoms with Gasteiger partial charge < -0.3 is 9.84 Å². The lowest BCUT2D eigenvalue weighted by Gasteiger charge is -2.17. The standard InChI is InChI=1S/C12H17NO3/c1-8(13-9(2)12(14)15)10-5-4-6-11(7-10)16-3/h4-9,13H,1-3H3,(H,14,15)/t8?,9-/m0/s1. The molecular weight excluding hydrogens is 206 g/mol. The highest BCUT2D eigenvalue weighted by molar-refractivity contribution is 5.72. The number of carboxylic acids is 1. The molecule has 0 bridgehead atoms. The van der Waals surface area contributed by atoms with Crippen LogP contribution in [-0.2, 0) is 4.79 Å². The van der Waals surface area contributed by atoms with E-state index < -0.39 is 12.0 Å². The van der Waals surface area contributed by atoms with Crippen LogP contribution in [0, 0.1) is 0 Å². The van der Waals surface area contributed by atoms with Gasteiger partial charge in [0.2, 0.25) is 0 Å². The van der Waals surface area contributed by atoms with Gasteiger partial charge in [-0.05, 0) is 31.5 Å². The van der Waals surface area contributed by atoms with Gasteiger partial charge in [0, 0.05) is 6.04 Å². The van der Waals surface area contributed by atoms with E-state index in [0.29, 0.717) is 0 Å². The molecule has 0 aliphatic heterocycles. The first-order valence-electron chi connectivity index (χ1n) is 5.17. The van der Waals surface area contributed by atoms with Crippen LogP contribution in [0.1, 0.15) is 25.5 Å². The topological polar surface area (TPSA) is 58.6 Å². The summed E-state index contributed by atoms with van der Waals surface area (Å²) < 4.78 is 5.11. The van der Waals surface area contributed by atoms with Crippen molar-refractivity contribution in [2.24, 2.45) is 0 Å². The van der Waals surface area contributed by atoms with Crippen LogP contribution in [0.4, 0.5) is 0 Å². The zero-order chi connectivity index (χ0) is 12.1. The lowest BCUT2D eigenvalue weighted by Crippen LogP contribution is -2.35. The van der Waals surface area contributed by atoms with Crippen molar-refractivity contribution in [1.29, 1.82) is 0 Å². The third-order valence-electron chi connectivity index (χ3n) is 2.46. The van der Waals surface area contributed by atoms with Crippen LogP contribution < -0.4 is 10.1 Å². The molecular formula is C12H17NO3. The average Bonchev–Trinajstić information content (AvgIpc) is 2.28. The molecule has 0 aromatic heterocycles. The van der Waals surface area contributed by atoms with E-state index in [2.05, 4.69) is 5.32 Å². The van der Waals surface area contributed by atoms with Crippen molar-refractivity contribution in [3.63, 3.8) is 0 Å². The second-order valence-corrected chi connectivity index (χ2v) is 3.72. The Morgan fingerprint density at radius 2 is 2.12 bits per heavy atom. The van der Waals surface area contributed by atoms with Gasteiger partial charge >= 0.3 is 5.97 Å². The minimum absolute atomic E-state index is 0.0267. The quantitative estimate of drug-likeness (QED) is 0.799. The number of rotatable bonds is 5. The summed E-state index contributed by atoms with van der Waals surface area (Å²) in [5, 5.41) is 11.8. The lowest BCUT2D eigenvalue weighted by atomic mass is 10.1. The SMILES string of the molecule is COc1cccc(C(C)N[C@@H](C)C(=O)O)c1. The van der Waals surface area contributed by atoms with E-state index in [1.807, 2.05) is 31.2 Å². The molecule has 4 heteroatoms. The Balaban J connectivity index is 2.72. The minimum Gasteiger partial charge on any atom is -0.497 e. The molecule has 0 fully saturated rings. The van der Waals surface area contributed by atoms with Crippen LogP contribution in [0.3, 0.4) is 0 Å². The van der Waals surface area contributed by atoms with Crippen molar-refractivity contribution in [1.82, 2.24) is 5.32 Å². The highest BCUT2D eigenvalue weighted by Gasteiger charge is 2.14. The van der Waals surface area contributed by atoms with Gasteiger partial charge in [-0.25, -0.2) is 0 Å². The van der Waals surface area contributed by atoms with Crippen molar-refractivity contribution in [2.45, 2.75) is 25.9 Å². The highest BCUT2D eigenvalue weighted by atomic mass is 16.5. The van der Waals surface area contributed by atoms with E-state index in [-0.39, 0.29) is 6.04 Å². The summed E-state index contributed by atoms with van der Waals surface area (Å²) in [6, 6.07) is 6.98. The molecule has 2 atom stereocenters. The zero-order valence-electron chi connectivity index (χ0n) is 9.73. The molecule has 1 rings (SSSR count). The van der Waals surface area contributed by atoms with Gasteiger partial charge in [0.1, 0.15) is 11.8 Å². The smallest absolute Gasteiger partial charge is 0.320 e. The number of nitrogens with one attached hydrogen (secondary N) is 1. The van der Waals surface area contributed by atoms with E-state index >= 15 is 0 Å². The summed E-state index contributed by atoms with van der Waals surface area (Å²) in [6.45, 7) is 3.55. The van der Waals surface area contributed by atoms with E-state index in [9.17, 15) is 4.79 Å². The maximum atomic E-state index is 10.7. The molecule has 0 aliphatic carbocycles. The van der Waals surface area contributed by atoms with Crippen LogP contribution in [0.15, 0.2) is 24.3 Å². The number of methoxy groups -OCH3 is 1. The first kappa shape index (κ1) is 12.5. The molecule has 88 valence electrons. The van der Waals surface area contributed by atoms with Gasteiger partial charge in [0.05, 0.1) is 7.11 Å². The van der Waals surface area contributed by atoms with Crippen LogP contribution in [0.5, 0.6) is 5.75 Å². The largest absolute Gasteiger partial charge is 0.497 e. The van der Waals surface area contributed by atoms with E-state index in [1.165, 1.54) is 0 Å². The molecule has 4 nitrogen and oxygen atoms in total. The van der Waals surface area contributed by atoms with Crippen LogP contribution in [0.25, 0.3) is 0 Å². The average molecular weight is 223 g/mol. The molecule has 1 aromatic carbocycles. The summed E-state index contributed by atoms with van der Waals surface area (Å²) in [6.07, 6.45) is 0. The fourth-order valence-electron chi connectivity index (χ4n) is 1.45. The van der Waals surface area contributed by atoms with Gasteiger partial charge in [-0.3, -0.25) is 10.1 Å². The van der Waals surface area contributed by atoms with Crippen molar-refractivity contribution >= 4 is 5.97 Å². The number of aliphatic carboxylic acids is 1. The Bertz CT molecular complexity index is 365. The van der Waals surface area contributed by atoms with Gasteiger partial charge in [-0.2, -0.15) is 0 Å². The number of benzene rings is 1. The van der Waals surface area contributed by atoms with Crippen molar-refractivity contribution < 1.29 is 14.6 Å². The molecule has 0 radical (unpaired) electrons. The van der Waals surface area contributed by atoms with Gasteiger partial charge in [0.15, 0.2) is 0 Å². The Morgan fingerprint density at radius 3 is 2.69 bits per heavy atom. The van der Waals surface area contributed by atoms with Gasteiger partial charge in [-0.1, -0.05) is 12.1 Å². The second kappa shape index (κ2) is 5.51.